The molecule has 0 spiro atoms. The highest BCUT2D eigenvalue weighted by Crippen LogP contribution is 2.26. The normalized spacial score (nSPS) is 11.1. The molecule has 3 rings (SSSR count). The Labute approximate surface area is 114 Å². The Morgan fingerprint density at radius 3 is 2.72 bits per heavy atom. The molecule has 0 N–H and O–H groups in total. The SMILES string of the molecule is Cc1nc2ccccc2n1-c1ncc(Cl)cc1Cl. The van der Waals surface area contributed by atoms with Crippen molar-refractivity contribution in [2.75, 3.05) is 0 Å². The zero-order chi connectivity index (χ0) is 12.7. The van der Waals surface area contributed by atoms with Crippen LogP contribution < -0.4 is 0 Å². The van der Waals surface area contributed by atoms with Gasteiger partial charge in [0.1, 0.15) is 5.82 Å². The van der Waals surface area contributed by atoms with E-state index >= 15 is 0 Å². The second kappa shape index (κ2) is 4.26. The van der Waals surface area contributed by atoms with Gasteiger partial charge in [-0.3, -0.25) is 4.57 Å². The molecule has 0 fully saturated rings. The van der Waals surface area contributed by atoms with Crippen molar-refractivity contribution in [1.82, 2.24) is 14.5 Å². The Hall–Kier alpha value is -1.58. The molecule has 3 aromatic rings. The molecule has 1 aromatic carbocycles. The highest BCUT2D eigenvalue weighted by molar-refractivity contribution is 6.35. The maximum atomic E-state index is 6.20. The highest BCUT2D eigenvalue weighted by atomic mass is 35.5. The van der Waals surface area contributed by atoms with Gasteiger partial charge in [0.2, 0.25) is 0 Å². The largest absolute Gasteiger partial charge is 0.279 e. The smallest absolute Gasteiger partial charge is 0.157 e. The molecule has 90 valence electrons. The summed E-state index contributed by atoms with van der Waals surface area (Å²) < 4.78 is 1.92. The van der Waals surface area contributed by atoms with Gasteiger partial charge < -0.3 is 0 Å². The average molecular weight is 278 g/mol. The summed E-state index contributed by atoms with van der Waals surface area (Å²) >= 11 is 12.1. The van der Waals surface area contributed by atoms with Crippen molar-refractivity contribution in [2.24, 2.45) is 0 Å². The molecule has 0 aliphatic heterocycles. The quantitative estimate of drug-likeness (QED) is 0.672. The number of hydrogen-bond donors (Lipinski definition) is 0. The Morgan fingerprint density at radius 2 is 1.94 bits per heavy atom. The molecule has 0 aliphatic carbocycles. The van der Waals surface area contributed by atoms with Crippen LogP contribution in [0.4, 0.5) is 0 Å². The Kier molecular flexibility index (Phi) is 2.73. The predicted octanol–water partition coefficient (Wildman–Crippen LogP) is 4.04. The van der Waals surface area contributed by atoms with Gasteiger partial charge in [0.25, 0.3) is 0 Å². The van der Waals surface area contributed by atoms with Gasteiger partial charge in [-0.15, -0.1) is 0 Å². The monoisotopic (exact) mass is 277 g/mol. The first-order chi connectivity index (χ1) is 8.66. The molecule has 2 aromatic heterocycles. The molecule has 2 heterocycles. The third-order valence-electron chi connectivity index (χ3n) is 2.73. The molecule has 5 heteroatoms. The summed E-state index contributed by atoms with van der Waals surface area (Å²) in [5, 5.41) is 1.03. The molecule has 0 saturated carbocycles. The van der Waals surface area contributed by atoms with E-state index in [4.69, 9.17) is 23.2 Å². The maximum absolute atomic E-state index is 6.20. The van der Waals surface area contributed by atoms with Gasteiger partial charge >= 0.3 is 0 Å². The van der Waals surface area contributed by atoms with Gasteiger partial charge in [-0.2, -0.15) is 0 Å². The van der Waals surface area contributed by atoms with Crippen LogP contribution in [0.5, 0.6) is 0 Å². The molecule has 0 atom stereocenters. The van der Waals surface area contributed by atoms with Crippen molar-refractivity contribution >= 4 is 34.2 Å². The van der Waals surface area contributed by atoms with Crippen molar-refractivity contribution in [3.8, 4) is 5.82 Å². The second-order valence-corrected chi connectivity index (χ2v) is 4.79. The molecule has 18 heavy (non-hydrogen) atoms. The summed E-state index contributed by atoms with van der Waals surface area (Å²) in [6.07, 6.45) is 1.58. The van der Waals surface area contributed by atoms with Crippen LogP contribution in [0.1, 0.15) is 5.82 Å². The maximum Gasteiger partial charge on any atom is 0.157 e. The molecule has 0 aliphatic rings. The molecule has 0 unspecified atom stereocenters. The van der Waals surface area contributed by atoms with Crippen LogP contribution in [0.15, 0.2) is 36.5 Å². The van der Waals surface area contributed by atoms with Gasteiger partial charge in [-0.25, -0.2) is 9.97 Å². The molecular formula is C13H9Cl2N3. The summed E-state index contributed by atoms with van der Waals surface area (Å²) in [7, 11) is 0. The van der Waals surface area contributed by atoms with Gasteiger partial charge in [-0.1, -0.05) is 35.3 Å². The van der Waals surface area contributed by atoms with E-state index in [1.807, 2.05) is 35.8 Å². The first-order valence-corrected chi connectivity index (χ1v) is 6.18. The summed E-state index contributed by atoms with van der Waals surface area (Å²) in [5.41, 5.74) is 1.90. The highest BCUT2D eigenvalue weighted by Gasteiger charge is 2.12. The van der Waals surface area contributed by atoms with Crippen LogP contribution in [0.25, 0.3) is 16.9 Å². The van der Waals surface area contributed by atoms with Crippen molar-refractivity contribution in [3.63, 3.8) is 0 Å². The minimum Gasteiger partial charge on any atom is -0.279 e. The lowest BCUT2D eigenvalue weighted by Gasteiger charge is -2.07. The third kappa shape index (κ3) is 1.76. The number of aryl methyl sites for hydroxylation is 1. The number of pyridine rings is 1. The number of fused-ring (bicyclic) bond motifs is 1. The van der Waals surface area contributed by atoms with Gasteiger partial charge in [0, 0.05) is 6.20 Å². The minimum atomic E-state index is 0.508. The number of rotatable bonds is 1. The van der Waals surface area contributed by atoms with Crippen molar-refractivity contribution < 1.29 is 0 Å². The zero-order valence-corrected chi connectivity index (χ0v) is 11.1. The van der Waals surface area contributed by atoms with E-state index < -0.39 is 0 Å². The van der Waals surface area contributed by atoms with Crippen molar-refractivity contribution in [1.29, 1.82) is 0 Å². The molecular weight excluding hydrogens is 269 g/mol. The number of aromatic nitrogens is 3. The molecule has 0 bridgehead atoms. The number of benzene rings is 1. The van der Waals surface area contributed by atoms with Gasteiger partial charge in [0.05, 0.1) is 21.1 Å². The van der Waals surface area contributed by atoms with Crippen molar-refractivity contribution in [2.45, 2.75) is 6.92 Å². The van der Waals surface area contributed by atoms with E-state index in [2.05, 4.69) is 9.97 Å². The summed E-state index contributed by atoms with van der Waals surface area (Å²) in [6, 6.07) is 9.55. The minimum absolute atomic E-state index is 0.508. The van der Waals surface area contributed by atoms with Gasteiger partial charge in [0.15, 0.2) is 5.82 Å². The van der Waals surface area contributed by atoms with Crippen LogP contribution >= 0.6 is 23.2 Å². The third-order valence-corrected chi connectivity index (χ3v) is 3.21. The number of nitrogens with zero attached hydrogens (tertiary/aromatic N) is 3. The topological polar surface area (TPSA) is 30.7 Å². The lowest BCUT2D eigenvalue weighted by molar-refractivity contribution is 0.957. The number of para-hydroxylation sites is 2. The number of hydrogen-bond acceptors (Lipinski definition) is 2. The zero-order valence-electron chi connectivity index (χ0n) is 9.56. The first kappa shape index (κ1) is 11.5. The lowest BCUT2D eigenvalue weighted by atomic mass is 10.3. The van der Waals surface area contributed by atoms with Gasteiger partial charge in [-0.05, 0) is 25.1 Å². The van der Waals surface area contributed by atoms with Crippen LogP contribution in [-0.2, 0) is 0 Å². The lowest BCUT2D eigenvalue weighted by Crippen LogP contribution is -2.00. The van der Waals surface area contributed by atoms with E-state index in [0.29, 0.717) is 15.9 Å². The van der Waals surface area contributed by atoms with E-state index in [9.17, 15) is 0 Å². The number of halogens is 2. The molecule has 0 amide bonds. The average Bonchev–Trinajstić information content (AvgIpc) is 2.66. The number of imidazole rings is 1. The van der Waals surface area contributed by atoms with Crippen LogP contribution in [0.2, 0.25) is 10.0 Å². The summed E-state index contributed by atoms with van der Waals surface area (Å²) in [6.45, 7) is 1.92. The standard InChI is InChI=1S/C13H9Cl2N3/c1-8-17-11-4-2-3-5-12(11)18(8)13-10(15)6-9(14)7-16-13/h2-7H,1H3. The van der Waals surface area contributed by atoms with E-state index in [1.54, 1.807) is 12.3 Å². The summed E-state index contributed by atoms with van der Waals surface area (Å²) in [4.78, 5) is 8.77. The van der Waals surface area contributed by atoms with Crippen molar-refractivity contribution in [3.05, 3.63) is 52.4 Å². The van der Waals surface area contributed by atoms with E-state index in [1.165, 1.54) is 0 Å². The molecule has 0 radical (unpaired) electrons. The fraction of sp³-hybridized carbons (Fsp3) is 0.0769. The summed E-state index contributed by atoms with van der Waals surface area (Å²) in [5.74, 6) is 1.49. The van der Waals surface area contributed by atoms with E-state index in [-0.39, 0.29) is 0 Å². The predicted molar refractivity (Wildman–Crippen MR) is 73.6 cm³/mol. The first-order valence-electron chi connectivity index (χ1n) is 5.42. The van der Waals surface area contributed by atoms with Crippen LogP contribution in [0.3, 0.4) is 0 Å². The molecule has 3 nitrogen and oxygen atoms in total. The Bertz CT molecular complexity index is 734. The van der Waals surface area contributed by atoms with Crippen LogP contribution in [-0.4, -0.2) is 14.5 Å². The fourth-order valence-corrected chi connectivity index (χ4v) is 2.45. The Morgan fingerprint density at radius 1 is 1.17 bits per heavy atom. The molecule has 0 saturated heterocycles. The van der Waals surface area contributed by atoms with E-state index in [0.717, 1.165) is 16.9 Å². The Balaban J connectivity index is 2.34. The second-order valence-electron chi connectivity index (χ2n) is 3.94. The fourth-order valence-electron chi connectivity index (χ4n) is 1.99. The van der Waals surface area contributed by atoms with Crippen LogP contribution in [0, 0.1) is 6.92 Å².